The van der Waals surface area contributed by atoms with Gasteiger partial charge < -0.3 is 9.72 Å². The maximum atomic E-state index is 5.40. The van der Waals surface area contributed by atoms with E-state index in [2.05, 4.69) is 15.1 Å². The molecule has 0 fully saturated rings. The molecular formula is C12H12N4O. The molecule has 1 aromatic carbocycles. The van der Waals surface area contributed by atoms with Crippen molar-refractivity contribution in [3.8, 4) is 16.9 Å². The van der Waals surface area contributed by atoms with E-state index in [9.17, 15) is 0 Å². The molecule has 2 aromatic heterocycles. The molecular weight excluding hydrogens is 216 g/mol. The number of fused-ring (bicyclic) bond motifs is 1. The van der Waals surface area contributed by atoms with Gasteiger partial charge in [0.05, 0.1) is 30.7 Å². The highest BCUT2D eigenvalue weighted by Gasteiger charge is 2.10. The van der Waals surface area contributed by atoms with Crippen molar-refractivity contribution >= 4 is 11.0 Å². The van der Waals surface area contributed by atoms with E-state index >= 15 is 0 Å². The van der Waals surface area contributed by atoms with Crippen LogP contribution in [0.1, 0.15) is 0 Å². The van der Waals surface area contributed by atoms with Crippen LogP contribution in [-0.4, -0.2) is 26.9 Å². The zero-order chi connectivity index (χ0) is 11.8. The van der Waals surface area contributed by atoms with Gasteiger partial charge in [-0.3, -0.25) is 4.68 Å². The predicted octanol–water partition coefficient (Wildman–Crippen LogP) is 1.97. The SMILES string of the molecule is COc1cc2[nH]cnc2cc1-c1cnn(C)c1. The molecule has 0 aliphatic rings. The molecule has 3 aromatic rings. The summed E-state index contributed by atoms with van der Waals surface area (Å²) < 4.78 is 7.17. The smallest absolute Gasteiger partial charge is 0.129 e. The monoisotopic (exact) mass is 228 g/mol. The molecule has 0 saturated heterocycles. The second-order valence-corrected chi connectivity index (χ2v) is 3.87. The van der Waals surface area contributed by atoms with Gasteiger partial charge in [0.2, 0.25) is 0 Å². The van der Waals surface area contributed by atoms with Crippen LogP contribution in [0.4, 0.5) is 0 Å². The van der Waals surface area contributed by atoms with Crippen LogP contribution in [-0.2, 0) is 7.05 Å². The number of ether oxygens (including phenoxy) is 1. The molecule has 5 nitrogen and oxygen atoms in total. The predicted molar refractivity (Wildman–Crippen MR) is 64.8 cm³/mol. The van der Waals surface area contributed by atoms with Crippen molar-refractivity contribution in [3.05, 3.63) is 30.9 Å². The van der Waals surface area contributed by atoms with Gasteiger partial charge in [0.1, 0.15) is 5.75 Å². The number of aromatic nitrogens is 4. The van der Waals surface area contributed by atoms with Crippen molar-refractivity contribution in [1.82, 2.24) is 19.7 Å². The highest BCUT2D eigenvalue weighted by molar-refractivity contribution is 5.85. The van der Waals surface area contributed by atoms with E-state index in [1.54, 1.807) is 18.1 Å². The maximum Gasteiger partial charge on any atom is 0.129 e. The number of nitrogens with zero attached hydrogens (tertiary/aromatic N) is 3. The Kier molecular flexibility index (Phi) is 2.11. The molecule has 0 saturated carbocycles. The number of imidazole rings is 1. The minimum Gasteiger partial charge on any atom is -0.496 e. The van der Waals surface area contributed by atoms with Gasteiger partial charge in [0.15, 0.2) is 0 Å². The summed E-state index contributed by atoms with van der Waals surface area (Å²) in [4.78, 5) is 7.31. The number of aryl methyl sites for hydroxylation is 1. The fourth-order valence-corrected chi connectivity index (χ4v) is 1.92. The van der Waals surface area contributed by atoms with E-state index in [4.69, 9.17) is 4.74 Å². The fraction of sp³-hybridized carbons (Fsp3) is 0.167. The second kappa shape index (κ2) is 3.62. The molecule has 0 radical (unpaired) electrons. The number of aromatic amines is 1. The standard InChI is InChI=1S/C12H12N4O/c1-16-6-8(5-15-16)9-3-10-11(14-7-13-10)4-12(9)17-2/h3-7H,1-2H3,(H,13,14). The van der Waals surface area contributed by atoms with Crippen LogP contribution >= 0.6 is 0 Å². The third kappa shape index (κ3) is 1.56. The summed E-state index contributed by atoms with van der Waals surface area (Å²) in [6, 6.07) is 3.95. The first-order chi connectivity index (χ1) is 8.28. The highest BCUT2D eigenvalue weighted by Crippen LogP contribution is 2.32. The number of nitrogens with one attached hydrogen (secondary N) is 1. The van der Waals surface area contributed by atoms with Crippen LogP contribution in [0.2, 0.25) is 0 Å². The topological polar surface area (TPSA) is 55.7 Å². The van der Waals surface area contributed by atoms with Gasteiger partial charge in [0.25, 0.3) is 0 Å². The summed E-state index contributed by atoms with van der Waals surface area (Å²) in [5, 5.41) is 4.17. The van der Waals surface area contributed by atoms with E-state index in [0.717, 1.165) is 27.9 Å². The van der Waals surface area contributed by atoms with E-state index in [1.807, 2.05) is 31.6 Å². The second-order valence-electron chi connectivity index (χ2n) is 3.87. The molecule has 0 aliphatic carbocycles. The van der Waals surface area contributed by atoms with E-state index in [1.165, 1.54) is 0 Å². The molecule has 5 heteroatoms. The number of methoxy groups -OCH3 is 1. The molecule has 2 heterocycles. The lowest BCUT2D eigenvalue weighted by Crippen LogP contribution is -1.88. The zero-order valence-corrected chi connectivity index (χ0v) is 9.64. The molecule has 0 unspecified atom stereocenters. The third-order valence-corrected chi connectivity index (χ3v) is 2.76. The van der Waals surface area contributed by atoms with Crippen molar-refractivity contribution in [1.29, 1.82) is 0 Å². The number of H-pyrrole nitrogens is 1. The van der Waals surface area contributed by atoms with Crippen LogP contribution in [0.5, 0.6) is 5.75 Å². The Balaban J connectivity index is 2.25. The van der Waals surface area contributed by atoms with Crippen LogP contribution < -0.4 is 4.74 Å². The van der Waals surface area contributed by atoms with Gasteiger partial charge in [0, 0.05) is 30.4 Å². The van der Waals surface area contributed by atoms with Gasteiger partial charge in [-0.1, -0.05) is 0 Å². The molecule has 0 spiro atoms. The van der Waals surface area contributed by atoms with Gasteiger partial charge in [-0.15, -0.1) is 0 Å². The molecule has 17 heavy (non-hydrogen) atoms. The van der Waals surface area contributed by atoms with Gasteiger partial charge >= 0.3 is 0 Å². The number of hydrogen-bond acceptors (Lipinski definition) is 3. The lowest BCUT2D eigenvalue weighted by Gasteiger charge is -2.06. The van der Waals surface area contributed by atoms with Gasteiger partial charge in [-0.05, 0) is 6.07 Å². The largest absolute Gasteiger partial charge is 0.496 e. The average molecular weight is 228 g/mol. The first-order valence-corrected chi connectivity index (χ1v) is 5.28. The van der Waals surface area contributed by atoms with Crippen LogP contribution in [0.3, 0.4) is 0 Å². The summed E-state index contributed by atoms with van der Waals surface area (Å²) in [7, 11) is 3.56. The summed E-state index contributed by atoms with van der Waals surface area (Å²) in [6.45, 7) is 0. The van der Waals surface area contributed by atoms with Crippen molar-refractivity contribution in [3.63, 3.8) is 0 Å². The van der Waals surface area contributed by atoms with Crippen LogP contribution in [0, 0.1) is 0 Å². The maximum absolute atomic E-state index is 5.40. The Morgan fingerprint density at radius 3 is 2.94 bits per heavy atom. The lowest BCUT2D eigenvalue weighted by atomic mass is 10.1. The quantitative estimate of drug-likeness (QED) is 0.729. The van der Waals surface area contributed by atoms with Crippen LogP contribution in [0.25, 0.3) is 22.2 Å². The van der Waals surface area contributed by atoms with Gasteiger partial charge in [-0.25, -0.2) is 4.98 Å². The summed E-state index contributed by atoms with van der Waals surface area (Å²) in [6.07, 6.45) is 5.45. The molecule has 3 rings (SSSR count). The number of benzene rings is 1. The van der Waals surface area contributed by atoms with Crippen LogP contribution in [0.15, 0.2) is 30.9 Å². The summed E-state index contributed by atoms with van der Waals surface area (Å²) in [5.74, 6) is 0.815. The van der Waals surface area contributed by atoms with Crippen molar-refractivity contribution < 1.29 is 4.74 Å². The molecule has 0 atom stereocenters. The number of rotatable bonds is 2. The lowest BCUT2D eigenvalue weighted by molar-refractivity contribution is 0.417. The molecule has 0 amide bonds. The van der Waals surface area contributed by atoms with Gasteiger partial charge in [-0.2, -0.15) is 5.10 Å². The third-order valence-electron chi connectivity index (χ3n) is 2.76. The Morgan fingerprint density at radius 2 is 2.24 bits per heavy atom. The fourth-order valence-electron chi connectivity index (χ4n) is 1.92. The Hall–Kier alpha value is -2.30. The number of hydrogen-bond donors (Lipinski definition) is 1. The van der Waals surface area contributed by atoms with Crippen molar-refractivity contribution in [2.24, 2.45) is 7.05 Å². The van der Waals surface area contributed by atoms with E-state index < -0.39 is 0 Å². The Bertz CT molecular complexity index is 668. The minimum atomic E-state index is 0.815. The Morgan fingerprint density at radius 1 is 1.35 bits per heavy atom. The molecule has 1 N–H and O–H groups in total. The highest BCUT2D eigenvalue weighted by atomic mass is 16.5. The van der Waals surface area contributed by atoms with Crippen molar-refractivity contribution in [2.75, 3.05) is 7.11 Å². The first kappa shape index (κ1) is 9.89. The average Bonchev–Trinajstić information content (AvgIpc) is 2.94. The Labute approximate surface area is 98.0 Å². The zero-order valence-electron chi connectivity index (χ0n) is 9.64. The molecule has 86 valence electrons. The van der Waals surface area contributed by atoms with E-state index in [-0.39, 0.29) is 0 Å². The minimum absolute atomic E-state index is 0.815. The van der Waals surface area contributed by atoms with Crippen molar-refractivity contribution in [2.45, 2.75) is 0 Å². The molecule has 0 aliphatic heterocycles. The summed E-state index contributed by atoms with van der Waals surface area (Å²) in [5.41, 5.74) is 3.91. The van der Waals surface area contributed by atoms with E-state index in [0.29, 0.717) is 0 Å². The molecule has 0 bridgehead atoms. The summed E-state index contributed by atoms with van der Waals surface area (Å²) >= 11 is 0. The first-order valence-electron chi connectivity index (χ1n) is 5.28. The normalized spacial score (nSPS) is 10.9.